The summed E-state index contributed by atoms with van der Waals surface area (Å²) in [5.41, 5.74) is -1.13. The molecule has 7 rings (SSSR count). The van der Waals surface area contributed by atoms with Gasteiger partial charge in [-0.1, -0.05) is 34.3 Å². The van der Waals surface area contributed by atoms with Gasteiger partial charge in [0, 0.05) is 17.6 Å². The molecule has 0 radical (unpaired) electrons. The Hall–Kier alpha value is -1.79. The van der Waals surface area contributed by atoms with E-state index < -0.39 is 28.7 Å². The van der Waals surface area contributed by atoms with E-state index in [1.165, 1.54) is 0 Å². The molecule has 6 fully saturated rings. The van der Waals surface area contributed by atoms with Crippen LogP contribution in [0, 0.1) is 39.9 Å². The Kier molecular flexibility index (Phi) is 3.96. The predicted molar refractivity (Wildman–Crippen MR) is 126 cm³/mol. The zero-order chi connectivity index (χ0) is 24.9. The van der Waals surface area contributed by atoms with Crippen LogP contribution >= 0.6 is 0 Å². The lowest BCUT2D eigenvalue weighted by Crippen LogP contribution is -2.47. The maximum absolute atomic E-state index is 14.0. The SMILES string of the molecule is C=C1C(=O)C2OC23CC2CC(C)(C)CC2C13C(=O)OCC1=C2C3CC(C)(C)CC3CC2(O)CC1=O. The quantitative estimate of drug-likeness (QED) is 0.376. The van der Waals surface area contributed by atoms with Crippen LogP contribution in [0.3, 0.4) is 0 Å². The molecular formula is C29H36O6. The first-order chi connectivity index (χ1) is 16.2. The summed E-state index contributed by atoms with van der Waals surface area (Å²) in [6, 6.07) is 0. The van der Waals surface area contributed by atoms with E-state index in [1.807, 2.05) is 0 Å². The maximum Gasteiger partial charge on any atom is 0.320 e. The summed E-state index contributed by atoms with van der Waals surface area (Å²) < 4.78 is 12.0. The van der Waals surface area contributed by atoms with Crippen LogP contribution < -0.4 is 0 Å². The molecule has 7 aliphatic rings. The number of epoxide rings is 1. The van der Waals surface area contributed by atoms with E-state index in [0.717, 1.165) is 31.3 Å². The van der Waals surface area contributed by atoms with Crippen molar-refractivity contribution in [2.24, 2.45) is 39.9 Å². The van der Waals surface area contributed by atoms with Crippen molar-refractivity contribution < 1.29 is 29.0 Å². The zero-order valence-electron chi connectivity index (χ0n) is 21.2. The maximum atomic E-state index is 14.0. The molecule has 1 saturated heterocycles. The first-order valence-corrected chi connectivity index (χ1v) is 13.3. The summed E-state index contributed by atoms with van der Waals surface area (Å²) in [4.78, 5) is 40.1. The van der Waals surface area contributed by atoms with Gasteiger partial charge in [-0.25, -0.2) is 0 Å². The van der Waals surface area contributed by atoms with Crippen molar-refractivity contribution >= 4 is 17.5 Å². The predicted octanol–water partition coefficient (Wildman–Crippen LogP) is 3.71. The fraction of sp³-hybridized carbons (Fsp3) is 0.759. The number of Topliss-reactive ketones (excluding diaryl/α,β-unsaturated/α-hetero) is 2. The average molecular weight is 481 g/mol. The smallest absolute Gasteiger partial charge is 0.320 e. The molecule has 35 heavy (non-hydrogen) atoms. The summed E-state index contributed by atoms with van der Waals surface area (Å²) in [6.45, 7) is 12.9. The number of rotatable bonds is 3. The number of esters is 1. The summed E-state index contributed by atoms with van der Waals surface area (Å²) >= 11 is 0. The summed E-state index contributed by atoms with van der Waals surface area (Å²) in [5.74, 6) is 0.0706. The molecule has 6 heteroatoms. The average Bonchev–Trinajstić information content (AvgIpc) is 2.89. The number of ether oxygens (including phenoxy) is 2. The van der Waals surface area contributed by atoms with E-state index in [1.54, 1.807) is 0 Å². The van der Waals surface area contributed by atoms with E-state index in [9.17, 15) is 19.5 Å². The first-order valence-electron chi connectivity index (χ1n) is 13.3. The van der Waals surface area contributed by atoms with Crippen molar-refractivity contribution in [2.45, 2.75) is 89.9 Å². The van der Waals surface area contributed by atoms with Gasteiger partial charge in [-0.05, 0) is 78.6 Å². The van der Waals surface area contributed by atoms with E-state index in [2.05, 4.69) is 34.3 Å². The number of fused-ring (bicyclic) bond motifs is 5. The van der Waals surface area contributed by atoms with Crippen LogP contribution in [0.5, 0.6) is 0 Å². The minimum absolute atomic E-state index is 0.0330. The standard InChI is InChI=1S/C29H36O6/c1-14-22(31)23-28(35-23)9-16-7-26(4,5)11-19(16)29(14,28)24(32)34-13-18-20(30)12-27(33)8-15-6-25(2,3)10-17(15)21(18)27/h15-17,19,23,33H,1,6-13H2,2-5H3. The van der Waals surface area contributed by atoms with Crippen LogP contribution in [-0.2, 0) is 23.9 Å². The third-order valence-corrected chi connectivity index (χ3v) is 11.1. The van der Waals surface area contributed by atoms with E-state index >= 15 is 0 Å². The van der Waals surface area contributed by atoms with E-state index in [-0.39, 0.29) is 47.3 Å². The minimum atomic E-state index is -1.15. The van der Waals surface area contributed by atoms with Gasteiger partial charge in [0.05, 0.1) is 5.60 Å². The number of carbonyl (C=O) groups excluding carboxylic acids is 3. The fourth-order valence-corrected chi connectivity index (χ4v) is 10.2. The topological polar surface area (TPSA) is 93.2 Å². The fourth-order valence-electron chi connectivity index (χ4n) is 10.2. The zero-order valence-corrected chi connectivity index (χ0v) is 21.2. The van der Waals surface area contributed by atoms with Crippen LogP contribution in [-0.4, -0.2) is 46.6 Å². The van der Waals surface area contributed by atoms with Gasteiger partial charge in [0.15, 0.2) is 17.7 Å². The Bertz CT molecular complexity index is 1160. The Labute approximate surface area is 206 Å². The molecule has 1 spiro atoms. The van der Waals surface area contributed by atoms with Crippen LogP contribution in [0.15, 0.2) is 23.3 Å². The van der Waals surface area contributed by atoms with Crippen LogP contribution in [0.2, 0.25) is 0 Å². The first kappa shape index (κ1) is 22.4. The molecule has 1 heterocycles. The van der Waals surface area contributed by atoms with Gasteiger partial charge in [-0.3, -0.25) is 14.4 Å². The number of aliphatic hydroxyl groups is 1. The molecule has 0 bridgehead atoms. The van der Waals surface area contributed by atoms with E-state index in [0.29, 0.717) is 35.8 Å². The largest absolute Gasteiger partial charge is 0.460 e. The second-order valence-corrected chi connectivity index (χ2v) is 14.4. The second kappa shape index (κ2) is 6.19. The highest BCUT2D eigenvalue weighted by molar-refractivity contribution is 6.13. The highest BCUT2D eigenvalue weighted by atomic mass is 16.6. The lowest BCUT2D eigenvalue weighted by molar-refractivity contribution is -0.159. The number of ketones is 2. The Balaban J connectivity index is 1.22. The lowest BCUT2D eigenvalue weighted by Gasteiger charge is -2.35. The highest BCUT2D eigenvalue weighted by Gasteiger charge is 2.88. The normalized spacial score (nSPS) is 49.7. The van der Waals surface area contributed by atoms with E-state index in [4.69, 9.17) is 9.47 Å². The molecule has 6 nitrogen and oxygen atoms in total. The van der Waals surface area contributed by atoms with Crippen molar-refractivity contribution in [2.75, 3.05) is 6.61 Å². The molecule has 0 aromatic heterocycles. The third-order valence-electron chi connectivity index (χ3n) is 11.1. The van der Waals surface area contributed by atoms with Gasteiger partial charge < -0.3 is 14.6 Å². The summed E-state index contributed by atoms with van der Waals surface area (Å²) in [7, 11) is 0. The molecule has 1 N–H and O–H groups in total. The molecule has 0 amide bonds. The molecule has 0 aromatic rings. The Morgan fingerprint density at radius 3 is 2.46 bits per heavy atom. The summed E-state index contributed by atoms with van der Waals surface area (Å²) in [6.07, 6.45) is 4.61. The molecule has 6 aliphatic carbocycles. The summed E-state index contributed by atoms with van der Waals surface area (Å²) in [5, 5.41) is 11.4. The highest BCUT2D eigenvalue weighted by Crippen LogP contribution is 2.77. The van der Waals surface area contributed by atoms with Crippen molar-refractivity contribution in [3.05, 3.63) is 23.3 Å². The van der Waals surface area contributed by atoms with Crippen molar-refractivity contribution in [3.8, 4) is 0 Å². The van der Waals surface area contributed by atoms with Gasteiger partial charge in [-0.2, -0.15) is 0 Å². The molecule has 188 valence electrons. The monoisotopic (exact) mass is 480 g/mol. The Morgan fingerprint density at radius 2 is 1.71 bits per heavy atom. The van der Waals surface area contributed by atoms with Gasteiger partial charge in [-0.15, -0.1) is 0 Å². The van der Waals surface area contributed by atoms with Crippen LogP contribution in [0.25, 0.3) is 0 Å². The molecule has 0 aromatic carbocycles. The van der Waals surface area contributed by atoms with Gasteiger partial charge in [0.25, 0.3) is 0 Å². The third kappa shape index (κ3) is 2.51. The van der Waals surface area contributed by atoms with Crippen molar-refractivity contribution in [3.63, 3.8) is 0 Å². The lowest BCUT2D eigenvalue weighted by atomic mass is 9.68. The van der Waals surface area contributed by atoms with Gasteiger partial charge in [0.1, 0.15) is 17.6 Å². The number of carbonyl (C=O) groups is 3. The molecule has 8 atom stereocenters. The molecular weight excluding hydrogens is 444 g/mol. The number of hydrogen-bond acceptors (Lipinski definition) is 6. The minimum Gasteiger partial charge on any atom is -0.460 e. The molecule has 5 saturated carbocycles. The number of hydrogen-bond donors (Lipinski definition) is 1. The molecule has 1 aliphatic heterocycles. The van der Waals surface area contributed by atoms with Crippen LogP contribution in [0.1, 0.15) is 72.6 Å². The Morgan fingerprint density at radius 1 is 1.03 bits per heavy atom. The second-order valence-electron chi connectivity index (χ2n) is 14.4. The van der Waals surface area contributed by atoms with Gasteiger partial charge in [0.2, 0.25) is 0 Å². The van der Waals surface area contributed by atoms with Gasteiger partial charge >= 0.3 is 5.97 Å². The van der Waals surface area contributed by atoms with Crippen molar-refractivity contribution in [1.29, 1.82) is 0 Å². The van der Waals surface area contributed by atoms with Crippen molar-refractivity contribution in [1.82, 2.24) is 0 Å². The molecule has 8 unspecified atom stereocenters. The van der Waals surface area contributed by atoms with Crippen LogP contribution in [0.4, 0.5) is 0 Å².